The van der Waals surface area contributed by atoms with Gasteiger partial charge in [-0.2, -0.15) is 0 Å². The van der Waals surface area contributed by atoms with Crippen molar-refractivity contribution in [1.29, 1.82) is 0 Å². The van der Waals surface area contributed by atoms with E-state index >= 15 is 0 Å². The van der Waals surface area contributed by atoms with Crippen LogP contribution in [-0.2, 0) is 0 Å². The number of benzene rings is 1. The third-order valence-corrected chi connectivity index (χ3v) is 4.13. The molecule has 19 heavy (non-hydrogen) atoms. The van der Waals surface area contributed by atoms with E-state index in [0.29, 0.717) is 12.3 Å². The molecule has 1 aliphatic rings. The van der Waals surface area contributed by atoms with E-state index in [-0.39, 0.29) is 16.7 Å². The van der Waals surface area contributed by atoms with E-state index in [1.807, 2.05) is 0 Å². The van der Waals surface area contributed by atoms with Crippen LogP contribution < -0.4 is 16.2 Å². The predicted octanol–water partition coefficient (Wildman–Crippen LogP) is 3.08. The van der Waals surface area contributed by atoms with Gasteiger partial charge in [-0.15, -0.1) is 0 Å². The number of ether oxygens (including phenoxy) is 1. The highest BCUT2D eigenvalue weighted by Gasteiger charge is 2.35. The second-order valence-electron chi connectivity index (χ2n) is 6.44. The maximum atomic E-state index is 13.6. The van der Waals surface area contributed by atoms with Crippen LogP contribution in [-0.4, -0.2) is 12.1 Å². The van der Waals surface area contributed by atoms with Crippen molar-refractivity contribution in [2.75, 3.05) is 12.3 Å². The molecule has 0 aliphatic heterocycles. The Labute approximate surface area is 114 Å². The Hall–Kier alpha value is -1.29. The van der Waals surface area contributed by atoms with Crippen molar-refractivity contribution in [3.63, 3.8) is 0 Å². The largest absolute Gasteiger partial charge is 0.490 e. The minimum atomic E-state index is -0.400. The molecule has 0 radical (unpaired) electrons. The Balaban J connectivity index is 1.95. The molecule has 106 valence electrons. The van der Waals surface area contributed by atoms with E-state index in [2.05, 4.69) is 13.8 Å². The second kappa shape index (κ2) is 5.00. The first-order valence-corrected chi connectivity index (χ1v) is 6.76. The van der Waals surface area contributed by atoms with Crippen LogP contribution in [0.3, 0.4) is 0 Å². The molecule has 0 bridgehead atoms. The normalized spacial score (nSPS) is 31.2. The van der Waals surface area contributed by atoms with Crippen LogP contribution in [0.15, 0.2) is 18.2 Å². The first kappa shape index (κ1) is 14.1. The summed E-state index contributed by atoms with van der Waals surface area (Å²) < 4.78 is 19.3. The first-order valence-electron chi connectivity index (χ1n) is 6.76. The first-order chi connectivity index (χ1) is 8.80. The molecule has 1 fully saturated rings. The molecule has 1 aliphatic carbocycles. The molecule has 4 heteroatoms. The molecule has 1 aromatic carbocycles. The van der Waals surface area contributed by atoms with Crippen molar-refractivity contribution in [2.45, 2.75) is 45.1 Å². The van der Waals surface area contributed by atoms with Gasteiger partial charge in [0.1, 0.15) is 0 Å². The van der Waals surface area contributed by atoms with Gasteiger partial charge in [0, 0.05) is 22.7 Å². The standard InChI is InChI=1S/C15H23FN2O/c1-14(5-7-15(2,18)8-6-14)10-19-13-4-3-11(17)9-12(13)16/h3-4,9H,5-8,10,17-18H2,1-2H3. The van der Waals surface area contributed by atoms with Crippen molar-refractivity contribution in [3.8, 4) is 5.75 Å². The van der Waals surface area contributed by atoms with Gasteiger partial charge in [-0.3, -0.25) is 0 Å². The van der Waals surface area contributed by atoms with Crippen LogP contribution in [0.25, 0.3) is 0 Å². The molecule has 0 unspecified atom stereocenters. The van der Waals surface area contributed by atoms with Gasteiger partial charge in [0.15, 0.2) is 11.6 Å². The van der Waals surface area contributed by atoms with Gasteiger partial charge < -0.3 is 16.2 Å². The molecular formula is C15H23FN2O. The zero-order valence-corrected chi connectivity index (χ0v) is 11.7. The van der Waals surface area contributed by atoms with E-state index in [9.17, 15) is 4.39 Å². The smallest absolute Gasteiger partial charge is 0.167 e. The molecule has 0 amide bonds. The molecular weight excluding hydrogens is 243 g/mol. The fourth-order valence-electron chi connectivity index (χ4n) is 2.46. The average Bonchev–Trinajstić information content (AvgIpc) is 2.33. The Morgan fingerprint density at radius 2 is 1.84 bits per heavy atom. The van der Waals surface area contributed by atoms with Gasteiger partial charge in [-0.25, -0.2) is 4.39 Å². The number of halogens is 1. The molecule has 1 saturated carbocycles. The van der Waals surface area contributed by atoms with Crippen molar-refractivity contribution >= 4 is 5.69 Å². The summed E-state index contributed by atoms with van der Waals surface area (Å²) in [6.45, 7) is 4.79. The SMILES string of the molecule is CC1(N)CCC(C)(COc2ccc(N)cc2F)CC1. The van der Waals surface area contributed by atoms with Crippen LogP contribution in [0.2, 0.25) is 0 Å². The average molecular weight is 266 g/mol. The molecule has 0 heterocycles. The Morgan fingerprint density at radius 3 is 2.42 bits per heavy atom. The lowest BCUT2D eigenvalue weighted by Gasteiger charge is -2.40. The molecule has 0 spiro atoms. The zero-order valence-electron chi connectivity index (χ0n) is 11.7. The Morgan fingerprint density at radius 1 is 1.21 bits per heavy atom. The lowest BCUT2D eigenvalue weighted by atomic mass is 9.70. The third-order valence-electron chi connectivity index (χ3n) is 4.13. The fourth-order valence-corrected chi connectivity index (χ4v) is 2.46. The molecule has 0 atom stereocenters. The van der Waals surface area contributed by atoms with Crippen LogP contribution >= 0.6 is 0 Å². The number of rotatable bonds is 3. The topological polar surface area (TPSA) is 61.3 Å². The summed E-state index contributed by atoms with van der Waals surface area (Å²) in [7, 11) is 0. The highest BCUT2D eigenvalue weighted by molar-refractivity contribution is 5.42. The van der Waals surface area contributed by atoms with E-state index in [1.54, 1.807) is 12.1 Å². The zero-order chi connectivity index (χ0) is 14.1. The monoisotopic (exact) mass is 266 g/mol. The minimum absolute atomic E-state index is 0.0635. The maximum absolute atomic E-state index is 13.6. The lowest BCUT2D eigenvalue weighted by molar-refractivity contribution is 0.0862. The molecule has 1 aromatic rings. The van der Waals surface area contributed by atoms with Crippen molar-refractivity contribution in [1.82, 2.24) is 0 Å². The summed E-state index contributed by atoms with van der Waals surface area (Å²) in [5, 5.41) is 0. The van der Waals surface area contributed by atoms with Crippen molar-refractivity contribution in [2.24, 2.45) is 11.1 Å². The second-order valence-corrected chi connectivity index (χ2v) is 6.44. The summed E-state index contributed by atoms with van der Waals surface area (Å²) in [5.74, 6) is -0.125. The molecule has 3 nitrogen and oxygen atoms in total. The summed E-state index contributed by atoms with van der Waals surface area (Å²) in [6, 6.07) is 4.53. The third kappa shape index (κ3) is 3.60. The van der Waals surface area contributed by atoms with Crippen LogP contribution in [0.5, 0.6) is 5.75 Å². The van der Waals surface area contributed by atoms with Gasteiger partial charge in [0.25, 0.3) is 0 Å². The van der Waals surface area contributed by atoms with Gasteiger partial charge in [-0.1, -0.05) is 6.92 Å². The lowest BCUT2D eigenvalue weighted by Crippen LogP contribution is -2.44. The summed E-state index contributed by atoms with van der Waals surface area (Å²) in [6.07, 6.45) is 3.99. The fraction of sp³-hybridized carbons (Fsp3) is 0.600. The molecule has 0 aromatic heterocycles. The quantitative estimate of drug-likeness (QED) is 0.826. The summed E-state index contributed by atoms with van der Waals surface area (Å²) in [5.41, 5.74) is 12.1. The van der Waals surface area contributed by atoms with Crippen LogP contribution in [0.4, 0.5) is 10.1 Å². The Bertz CT molecular complexity index is 449. The van der Waals surface area contributed by atoms with E-state index in [1.165, 1.54) is 6.07 Å². The van der Waals surface area contributed by atoms with Crippen LogP contribution in [0, 0.1) is 11.2 Å². The minimum Gasteiger partial charge on any atom is -0.490 e. The van der Waals surface area contributed by atoms with Gasteiger partial charge in [-0.05, 0) is 44.7 Å². The Kier molecular flexibility index (Phi) is 3.72. The van der Waals surface area contributed by atoms with E-state index in [0.717, 1.165) is 25.7 Å². The highest BCUT2D eigenvalue weighted by atomic mass is 19.1. The van der Waals surface area contributed by atoms with E-state index in [4.69, 9.17) is 16.2 Å². The van der Waals surface area contributed by atoms with Crippen molar-refractivity contribution < 1.29 is 9.13 Å². The van der Waals surface area contributed by atoms with Gasteiger partial charge >= 0.3 is 0 Å². The molecule has 2 rings (SSSR count). The van der Waals surface area contributed by atoms with Crippen molar-refractivity contribution in [3.05, 3.63) is 24.0 Å². The summed E-state index contributed by atoms with van der Waals surface area (Å²) in [4.78, 5) is 0. The highest BCUT2D eigenvalue weighted by Crippen LogP contribution is 2.40. The molecule has 0 saturated heterocycles. The number of nitrogen functional groups attached to an aromatic ring is 1. The number of nitrogens with two attached hydrogens (primary N) is 2. The van der Waals surface area contributed by atoms with Gasteiger partial charge in [0.05, 0.1) is 6.61 Å². The summed E-state index contributed by atoms with van der Waals surface area (Å²) >= 11 is 0. The van der Waals surface area contributed by atoms with E-state index < -0.39 is 5.82 Å². The van der Waals surface area contributed by atoms with Gasteiger partial charge in [0.2, 0.25) is 0 Å². The number of anilines is 1. The number of hydrogen-bond donors (Lipinski definition) is 2. The predicted molar refractivity (Wildman–Crippen MR) is 75.5 cm³/mol. The number of hydrogen-bond acceptors (Lipinski definition) is 3. The molecule has 4 N–H and O–H groups in total. The van der Waals surface area contributed by atoms with Crippen LogP contribution in [0.1, 0.15) is 39.5 Å². The maximum Gasteiger partial charge on any atom is 0.167 e.